The third-order valence-corrected chi connectivity index (χ3v) is 6.20. The largest absolute Gasteiger partial charge is 0.286 e. The van der Waals surface area contributed by atoms with Gasteiger partial charge < -0.3 is 0 Å². The molecule has 2 heterocycles. The van der Waals surface area contributed by atoms with E-state index in [0.29, 0.717) is 5.92 Å². The SMILES string of the molecule is Cc1c(C(C)C)ccc2c3ccccc3n(-c3ccc(-c4ccccc4)c[n+]3C)c12. The van der Waals surface area contributed by atoms with Crippen LogP contribution in [0.15, 0.2) is 85.1 Å². The second-order valence-corrected chi connectivity index (χ2v) is 8.44. The van der Waals surface area contributed by atoms with Crippen LogP contribution in [0, 0.1) is 6.92 Å². The fourth-order valence-corrected chi connectivity index (χ4v) is 4.73. The predicted molar refractivity (Wildman–Crippen MR) is 126 cm³/mol. The Morgan fingerprint density at radius 1 is 0.733 bits per heavy atom. The van der Waals surface area contributed by atoms with E-state index in [1.807, 2.05) is 0 Å². The van der Waals surface area contributed by atoms with Crippen molar-refractivity contribution < 1.29 is 4.57 Å². The smallest absolute Gasteiger partial charge is 0.236 e. The molecule has 0 saturated heterocycles. The van der Waals surface area contributed by atoms with Gasteiger partial charge in [-0.25, -0.2) is 4.57 Å². The highest BCUT2D eigenvalue weighted by Gasteiger charge is 2.24. The van der Waals surface area contributed by atoms with Gasteiger partial charge in [-0.15, -0.1) is 0 Å². The summed E-state index contributed by atoms with van der Waals surface area (Å²) in [5.41, 5.74) is 7.80. The van der Waals surface area contributed by atoms with Gasteiger partial charge in [-0.05, 0) is 48.2 Å². The zero-order valence-corrected chi connectivity index (χ0v) is 18.1. The van der Waals surface area contributed by atoms with Gasteiger partial charge in [0.15, 0.2) is 0 Å². The van der Waals surface area contributed by atoms with Crippen molar-refractivity contribution in [1.29, 1.82) is 0 Å². The average molecular weight is 392 g/mol. The molecule has 0 atom stereocenters. The van der Waals surface area contributed by atoms with Gasteiger partial charge in [-0.2, -0.15) is 4.57 Å². The molecule has 0 bridgehead atoms. The first kappa shape index (κ1) is 18.6. The van der Waals surface area contributed by atoms with Crippen LogP contribution < -0.4 is 4.57 Å². The summed E-state index contributed by atoms with van der Waals surface area (Å²) in [5, 5.41) is 2.62. The van der Waals surface area contributed by atoms with Crippen molar-refractivity contribution in [2.75, 3.05) is 0 Å². The lowest BCUT2D eigenvalue weighted by Crippen LogP contribution is -2.33. The monoisotopic (exact) mass is 391 g/mol. The fourth-order valence-electron chi connectivity index (χ4n) is 4.73. The average Bonchev–Trinajstić information content (AvgIpc) is 3.09. The number of aryl methyl sites for hydroxylation is 2. The first-order chi connectivity index (χ1) is 14.6. The lowest BCUT2D eigenvalue weighted by atomic mass is 9.95. The zero-order valence-electron chi connectivity index (χ0n) is 18.1. The van der Waals surface area contributed by atoms with Gasteiger partial charge in [0.2, 0.25) is 0 Å². The summed E-state index contributed by atoms with van der Waals surface area (Å²) >= 11 is 0. The number of pyridine rings is 1. The van der Waals surface area contributed by atoms with Gasteiger partial charge in [0, 0.05) is 28.0 Å². The normalized spacial score (nSPS) is 11.6. The molecule has 0 amide bonds. The van der Waals surface area contributed by atoms with Gasteiger partial charge in [0.1, 0.15) is 11.0 Å². The van der Waals surface area contributed by atoms with Crippen LogP contribution in [0.3, 0.4) is 0 Å². The maximum Gasteiger partial charge on any atom is 0.286 e. The molecule has 30 heavy (non-hydrogen) atoms. The van der Waals surface area contributed by atoms with E-state index in [9.17, 15) is 0 Å². The first-order valence-corrected chi connectivity index (χ1v) is 10.6. The maximum atomic E-state index is 2.43. The predicted octanol–water partition coefficient (Wildman–Crippen LogP) is 6.71. The number of nitrogens with zero attached hydrogens (tertiary/aromatic N) is 2. The van der Waals surface area contributed by atoms with Crippen molar-refractivity contribution >= 4 is 21.8 Å². The topological polar surface area (TPSA) is 8.81 Å². The van der Waals surface area contributed by atoms with E-state index in [1.165, 1.54) is 49.9 Å². The highest BCUT2D eigenvalue weighted by atomic mass is 15.1. The van der Waals surface area contributed by atoms with Gasteiger partial charge in [0.05, 0.1) is 13.2 Å². The van der Waals surface area contributed by atoms with E-state index in [4.69, 9.17) is 0 Å². The molecule has 2 aromatic heterocycles. The summed E-state index contributed by atoms with van der Waals surface area (Å²) in [6.45, 7) is 6.82. The second kappa shape index (κ2) is 7.14. The summed E-state index contributed by atoms with van der Waals surface area (Å²) in [6.07, 6.45) is 2.23. The quantitative estimate of drug-likeness (QED) is 0.302. The third kappa shape index (κ3) is 2.83. The van der Waals surface area contributed by atoms with Crippen molar-refractivity contribution in [2.45, 2.75) is 26.7 Å². The Morgan fingerprint density at radius 3 is 2.20 bits per heavy atom. The summed E-state index contributed by atoms with van der Waals surface area (Å²) < 4.78 is 4.68. The van der Waals surface area contributed by atoms with Gasteiger partial charge >= 0.3 is 0 Å². The Kier molecular flexibility index (Phi) is 4.43. The Bertz CT molecular complexity index is 1370. The molecule has 0 radical (unpaired) electrons. The molecule has 3 aromatic carbocycles. The number of fused-ring (bicyclic) bond motifs is 3. The second-order valence-electron chi connectivity index (χ2n) is 8.44. The molecule has 2 nitrogen and oxygen atoms in total. The van der Waals surface area contributed by atoms with Crippen molar-refractivity contribution in [3.05, 3.63) is 96.2 Å². The Morgan fingerprint density at radius 2 is 1.47 bits per heavy atom. The zero-order chi connectivity index (χ0) is 20.8. The number of para-hydroxylation sites is 1. The van der Waals surface area contributed by atoms with E-state index in [1.54, 1.807) is 0 Å². The highest BCUT2D eigenvalue weighted by molar-refractivity contribution is 6.10. The lowest BCUT2D eigenvalue weighted by molar-refractivity contribution is -0.664. The number of hydrogen-bond donors (Lipinski definition) is 0. The Hall–Kier alpha value is -3.39. The molecule has 0 aliphatic rings. The minimum atomic E-state index is 0.495. The number of rotatable bonds is 3. The van der Waals surface area contributed by atoms with Crippen LogP contribution in [0.4, 0.5) is 0 Å². The molecule has 5 aromatic rings. The van der Waals surface area contributed by atoms with Crippen molar-refractivity contribution in [3.63, 3.8) is 0 Å². The Labute approximate surface area is 178 Å². The molecular formula is C28H27N2+. The highest BCUT2D eigenvalue weighted by Crippen LogP contribution is 2.36. The van der Waals surface area contributed by atoms with Crippen LogP contribution >= 0.6 is 0 Å². The first-order valence-electron chi connectivity index (χ1n) is 10.6. The van der Waals surface area contributed by atoms with Crippen LogP contribution in [0.1, 0.15) is 30.9 Å². The van der Waals surface area contributed by atoms with Gasteiger partial charge in [-0.1, -0.05) is 62.4 Å². The molecule has 0 aliphatic carbocycles. The molecule has 0 saturated carbocycles. The molecule has 0 aliphatic heterocycles. The number of benzene rings is 3. The van der Waals surface area contributed by atoms with Crippen molar-refractivity contribution in [2.24, 2.45) is 7.05 Å². The van der Waals surface area contributed by atoms with Crippen molar-refractivity contribution in [3.8, 4) is 16.9 Å². The summed E-state index contributed by atoms with van der Waals surface area (Å²) in [4.78, 5) is 0. The molecule has 0 unspecified atom stereocenters. The summed E-state index contributed by atoms with van der Waals surface area (Å²) in [7, 11) is 2.14. The van der Waals surface area contributed by atoms with E-state index in [-0.39, 0.29) is 0 Å². The van der Waals surface area contributed by atoms with E-state index in [0.717, 1.165) is 0 Å². The minimum Gasteiger partial charge on any atom is -0.236 e. The van der Waals surface area contributed by atoms with Crippen molar-refractivity contribution in [1.82, 2.24) is 4.57 Å². The van der Waals surface area contributed by atoms with E-state index in [2.05, 4.69) is 122 Å². The molecule has 0 spiro atoms. The van der Waals surface area contributed by atoms with E-state index >= 15 is 0 Å². The molecule has 0 N–H and O–H groups in total. The molecular weight excluding hydrogens is 364 g/mol. The van der Waals surface area contributed by atoms with Crippen LogP contribution in [0.25, 0.3) is 38.8 Å². The van der Waals surface area contributed by atoms with Crippen LogP contribution in [0.5, 0.6) is 0 Å². The van der Waals surface area contributed by atoms with Crippen LogP contribution in [-0.4, -0.2) is 4.57 Å². The van der Waals surface area contributed by atoms with Gasteiger partial charge in [-0.3, -0.25) is 0 Å². The number of hydrogen-bond acceptors (Lipinski definition) is 0. The maximum absolute atomic E-state index is 2.43. The van der Waals surface area contributed by atoms with Gasteiger partial charge in [0.25, 0.3) is 5.82 Å². The molecule has 0 fully saturated rings. The Balaban J connectivity index is 1.82. The standard InChI is InChI=1S/C28H27N2/c1-19(2)23-15-16-25-24-12-8-9-13-26(24)30(28(25)20(23)3)27-17-14-22(18-29(27)4)21-10-6-5-7-11-21/h5-19H,1-4H3/q+1. The molecule has 5 rings (SSSR count). The molecule has 148 valence electrons. The lowest BCUT2D eigenvalue weighted by Gasteiger charge is -2.12. The van der Waals surface area contributed by atoms with Crippen LogP contribution in [0.2, 0.25) is 0 Å². The third-order valence-electron chi connectivity index (χ3n) is 6.20. The fraction of sp³-hybridized carbons (Fsp3) is 0.179. The summed E-state index contributed by atoms with van der Waals surface area (Å²) in [5.74, 6) is 1.67. The van der Waals surface area contributed by atoms with Crippen LogP contribution in [-0.2, 0) is 7.05 Å². The summed E-state index contributed by atoms with van der Waals surface area (Å²) in [6, 6.07) is 28.4. The molecule has 2 heteroatoms. The minimum absolute atomic E-state index is 0.495. The number of aromatic nitrogens is 2. The van der Waals surface area contributed by atoms with E-state index < -0.39 is 0 Å².